The second-order valence-corrected chi connectivity index (χ2v) is 5.22. The number of hydrogen-bond donors (Lipinski definition) is 2. The van der Waals surface area contributed by atoms with Crippen LogP contribution in [-0.2, 0) is 4.74 Å². The number of hydrogen-bond acceptors (Lipinski definition) is 4. The molecule has 128 valence electrons. The monoisotopic (exact) mass is 340 g/mol. The Hall–Kier alpha value is -1.56. The van der Waals surface area contributed by atoms with Gasteiger partial charge in [-0.2, -0.15) is 0 Å². The van der Waals surface area contributed by atoms with Gasteiger partial charge >= 0.3 is 0 Å². The largest absolute Gasteiger partial charge is 0.493 e. The maximum absolute atomic E-state index is 12.2. The SMILES string of the molecule is COCCCOc1cccc(C(=O)NCC2=CCNCC2)c1.Cl. The number of benzene rings is 1. The van der Waals surface area contributed by atoms with Crippen LogP contribution in [0.4, 0.5) is 0 Å². The van der Waals surface area contributed by atoms with Crippen molar-refractivity contribution in [1.82, 2.24) is 10.6 Å². The molecule has 23 heavy (non-hydrogen) atoms. The van der Waals surface area contributed by atoms with E-state index in [1.807, 2.05) is 12.1 Å². The summed E-state index contributed by atoms with van der Waals surface area (Å²) < 4.78 is 10.6. The molecule has 0 atom stereocenters. The first-order valence-electron chi connectivity index (χ1n) is 7.68. The standard InChI is InChI=1S/C17H24N2O3.ClH/c1-21-10-3-11-22-16-5-2-4-15(12-16)17(20)19-13-14-6-8-18-9-7-14;/h2,4-6,12,18H,3,7-11,13H2,1H3,(H,19,20);1H. The Labute approximate surface area is 143 Å². The average Bonchev–Trinajstić information content (AvgIpc) is 2.58. The minimum absolute atomic E-state index is 0. The molecule has 5 nitrogen and oxygen atoms in total. The number of methoxy groups -OCH3 is 1. The van der Waals surface area contributed by atoms with E-state index in [0.29, 0.717) is 31.1 Å². The lowest BCUT2D eigenvalue weighted by atomic mass is 10.1. The van der Waals surface area contributed by atoms with Crippen molar-refractivity contribution in [2.75, 3.05) is 40.0 Å². The van der Waals surface area contributed by atoms with Gasteiger partial charge in [0.15, 0.2) is 0 Å². The Balaban J connectivity index is 0.00000264. The molecule has 1 aliphatic rings. The van der Waals surface area contributed by atoms with E-state index in [1.54, 1.807) is 19.2 Å². The van der Waals surface area contributed by atoms with Crippen LogP contribution in [0.3, 0.4) is 0 Å². The van der Waals surface area contributed by atoms with Crippen LogP contribution in [0.25, 0.3) is 0 Å². The average molecular weight is 341 g/mol. The fourth-order valence-corrected chi connectivity index (χ4v) is 2.25. The van der Waals surface area contributed by atoms with Crippen molar-refractivity contribution >= 4 is 18.3 Å². The van der Waals surface area contributed by atoms with Gasteiger partial charge in [0.1, 0.15) is 5.75 Å². The molecule has 0 radical (unpaired) electrons. The van der Waals surface area contributed by atoms with E-state index in [1.165, 1.54) is 5.57 Å². The quantitative estimate of drug-likeness (QED) is 0.562. The van der Waals surface area contributed by atoms with Crippen molar-refractivity contribution < 1.29 is 14.3 Å². The highest BCUT2D eigenvalue weighted by atomic mass is 35.5. The summed E-state index contributed by atoms with van der Waals surface area (Å²) in [4.78, 5) is 12.2. The van der Waals surface area contributed by atoms with Gasteiger partial charge in [-0.05, 0) is 31.2 Å². The Bertz CT molecular complexity index is 520. The van der Waals surface area contributed by atoms with Crippen molar-refractivity contribution in [3.05, 3.63) is 41.5 Å². The van der Waals surface area contributed by atoms with E-state index in [0.717, 1.165) is 25.9 Å². The van der Waals surface area contributed by atoms with E-state index >= 15 is 0 Å². The van der Waals surface area contributed by atoms with E-state index < -0.39 is 0 Å². The molecule has 0 fully saturated rings. The first kappa shape index (κ1) is 19.5. The van der Waals surface area contributed by atoms with Gasteiger partial charge in [0.05, 0.1) is 6.61 Å². The van der Waals surface area contributed by atoms with Crippen molar-refractivity contribution in [3.8, 4) is 5.75 Å². The molecule has 0 bridgehead atoms. The summed E-state index contributed by atoms with van der Waals surface area (Å²) in [6.45, 7) is 3.73. The minimum Gasteiger partial charge on any atom is -0.493 e. The topological polar surface area (TPSA) is 59.6 Å². The summed E-state index contributed by atoms with van der Waals surface area (Å²) in [6, 6.07) is 7.27. The van der Waals surface area contributed by atoms with Gasteiger partial charge in [-0.25, -0.2) is 0 Å². The molecular weight excluding hydrogens is 316 g/mol. The molecule has 2 rings (SSSR count). The van der Waals surface area contributed by atoms with Gasteiger partial charge < -0.3 is 20.1 Å². The Morgan fingerprint density at radius 2 is 2.22 bits per heavy atom. The lowest BCUT2D eigenvalue weighted by Gasteiger charge is -2.14. The molecule has 2 N–H and O–H groups in total. The van der Waals surface area contributed by atoms with Gasteiger partial charge in [-0.15, -0.1) is 12.4 Å². The number of nitrogens with one attached hydrogen (secondary N) is 2. The van der Waals surface area contributed by atoms with Crippen LogP contribution >= 0.6 is 12.4 Å². The molecular formula is C17H25ClN2O3. The zero-order valence-corrected chi connectivity index (χ0v) is 14.3. The fraction of sp³-hybridized carbons (Fsp3) is 0.471. The minimum atomic E-state index is -0.0678. The Morgan fingerprint density at radius 3 is 2.96 bits per heavy atom. The Kier molecular flexibility index (Phi) is 9.36. The highest BCUT2D eigenvalue weighted by Crippen LogP contribution is 2.14. The molecule has 1 aromatic carbocycles. The van der Waals surface area contributed by atoms with Gasteiger partial charge in [0.25, 0.3) is 5.91 Å². The fourth-order valence-electron chi connectivity index (χ4n) is 2.25. The predicted octanol–water partition coefficient (Wildman–Crippen LogP) is 2.17. The van der Waals surface area contributed by atoms with E-state index in [4.69, 9.17) is 9.47 Å². The molecule has 1 aromatic rings. The smallest absolute Gasteiger partial charge is 0.251 e. The summed E-state index contributed by atoms with van der Waals surface area (Å²) in [6.07, 6.45) is 3.96. The summed E-state index contributed by atoms with van der Waals surface area (Å²) in [7, 11) is 1.67. The second kappa shape index (κ2) is 11.0. The highest BCUT2D eigenvalue weighted by molar-refractivity contribution is 5.94. The highest BCUT2D eigenvalue weighted by Gasteiger charge is 2.08. The van der Waals surface area contributed by atoms with Crippen LogP contribution in [0.2, 0.25) is 0 Å². The summed E-state index contributed by atoms with van der Waals surface area (Å²) in [5.74, 6) is 0.645. The van der Waals surface area contributed by atoms with Crippen LogP contribution in [0.1, 0.15) is 23.2 Å². The molecule has 0 aromatic heterocycles. The Morgan fingerprint density at radius 1 is 1.35 bits per heavy atom. The van der Waals surface area contributed by atoms with Gasteiger partial charge in [0.2, 0.25) is 0 Å². The lowest BCUT2D eigenvalue weighted by Crippen LogP contribution is -2.29. The van der Waals surface area contributed by atoms with Crippen LogP contribution in [0.5, 0.6) is 5.75 Å². The number of carbonyl (C=O) groups excluding carboxylic acids is 1. The molecule has 0 spiro atoms. The number of carbonyl (C=O) groups is 1. The molecule has 0 saturated carbocycles. The van der Waals surface area contributed by atoms with Gasteiger partial charge in [-0.1, -0.05) is 17.7 Å². The van der Waals surface area contributed by atoms with Crippen molar-refractivity contribution in [3.63, 3.8) is 0 Å². The van der Waals surface area contributed by atoms with E-state index in [-0.39, 0.29) is 18.3 Å². The van der Waals surface area contributed by atoms with Crippen molar-refractivity contribution in [2.24, 2.45) is 0 Å². The summed E-state index contributed by atoms with van der Waals surface area (Å²) in [5.41, 5.74) is 1.90. The lowest BCUT2D eigenvalue weighted by molar-refractivity contribution is 0.0956. The zero-order valence-electron chi connectivity index (χ0n) is 13.5. The molecule has 1 heterocycles. The number of rotatable bonds is 8. The maximum Gasteiger partial charge on any atom is 0.251 e. The van der Waals surface area contributed by atoms with Crippen molar-refractivity contribution in [1.29, 1.82) is 0 Å². The molecule has 1 aliphatic heterocycles. The van der Waals surface area contributed by atoms with Crippen LogP contribution in [0, 0.1) is 0 Å². The van der Waals surface area contributed by atoms with Crippen LogP contribution in [0.15, 0.2) is 35.9 Å². The third-order valence-electron chi connectivity index (χ3n) is 3.49. The van der Waals surface area contributed by atoms with Crippen LogP contribution < -0.4 is 15.4 Å². The van der Waals surface area contributed by atoms with E-state index in [9.17, 15) is 4.79 Å². The summed E-state index contributed by atoms with van der Waals surface area (Å²) >= 11 is 0. The number of ether oxygens (including phenoxy) is 2. The van der Waals surface area contributed by atoms with E-state index in [2.05, 4.69) is 16.7 Å². The summed E-state index contributed by atoms with van der Waals surface area (Å²) in [5, 5.41) is 6.22. The number of amides is 1. The first-order chi connectivity index (χ1) is 10.8. The molecule has 0 unspecified atom stereocenters. The predicted molar refractivity (Wildman–Crippen MR) is 93.6 cm³/mol. The number of halogens is 1. The first-order valence-corrected chi connectivity index (χ1v) is 7.68. The molecule has 6 heteroatoms. The maximum atomic E-state index is 12.2. The third-order valence-corrected chi connectivity index (χ3v) is 3.49. The second-order valence-electron chi connectivity index (χ2n) is 5.22. The third kappa shape index (κ3) is 7.03. The molecule has 1 amide bonds. The molecule has 0 saturated heterocycles. The van der Waals surface area contributed by atoms with Crippen molar-refractivity contribution in [2.45, 2.75) is 12.8 Å². The van der Waals surface area contributed by atoms with Crippen LogP contribution in [-0.4, -0.2) is 45.9 Å². The zero-order chi connectivity index (χ0) is 15.6. The van der Waals surface area contributed by atoms with Gasteiger partial charge in [-0.3, -0.25) is 4.79 Å². The normalized spacial score (nSPS) is 13.7. The molecule has 0 aliphatic carbocycles. The van der Waals surface area contributed by atoms with Gasteiger partial charge in [0, 0.05) is 38.8 Å².